The molecule has 35 heavy (non-hydrogen) atoms. The first-order valence-corrected chi connectivity index (χ1v) is 12.0. The molecule has 1 fully saturated rings. The number of carbonyl (C=O) groups excluding carboxylic acids is 2. The molecule has 0 spiro atoms. The van der Waals surface area contributed by atoms with Crippen LogP contribution in [-0.4, -0.2) is 32.1 Å². The molecule has 7 heteroatoms. The van der Waals surface area contributed by atoms with Crippen molar-refractivity contribution in [1.82, 2.24) is 5.32 Å². The van der Waals surface area contributed by atoms with Crippen molar-refractivity contribution in [2.24, 2.45) is 0 Å². The van der Waals surface area contributed by atoms with E-state index in [2.05, 4.69) is 5.32 Å². The summed E-state index contributed by atoms with van der Waals surface area (Å²) in [5, 5.41) is 3.22. The normalized spacial score (nSPS) is 14.7. The maximum absolute atomic E-state index is 14.0. The van der Waals surface area contributed by atoms with Gasteiger partial charge in [0.05, 0.1) is 26.0 Å². The van der Waals surface area contributed by atoms with Crippen LogP contribution in [0, 0.1) is 6.92 Å². The SMILES string of the molecule is COc1ccc(C(C(=O)NC2CCCCC2)N(C(=O)c2ccoc2C)c2ccccc2)c(OC)c1. The number of para-hydroxylation sites is 1. The summed E-state index contributed by atoms with van der Waals surface area (Å²) in [6.07, 6.45) is 6.68. The lowest BCUT2D eigenvalue weighted by atomic mass is 9.94. The molecule has 1 saturated carbocycles. The van der Waals surface area contributed by atoms with Crippen molar-refractivity contribution in [1.29, 1.82) is 0 Å². The third-order valence-corrected chi connectivity index (χ3v) is 6.54. The number of hydrogen-bond donors (Lipinski definition) is 1. The highest BCUT2D eigenvalue weighted by Crippen LogP contribution is 2.37. The summed E-state index contributed by atoms with van der Waals surface area (Å²) in [7, 11) is 3.12. The zero-order valence-corrected chi connectivity index (χ0v) is 20.5. The lowest BCUT2D eigenvalue weighted by Gasteiger charge is -2.34. The molecule has 0 aliphatic heterocycles. The second-order valence-corrected chi connectivity index (χ2v) is 8.76. The Morgan fingerprint density at radius 3 is 2.37 bits per heavy atom. The van der Waals surface area contributed by atoms with Crippen LogP contribution in [0.1, 0.15) is 59.8 Å². The number of carbonyl (C=O) groups is 2. The van der Waals surface area contributed by atoms with Crippen LogP contribution in [0.2, 0.25) is 0 Å². The zero-order chi connectivity index (χ0) is 24.8. The molecule has 1 heterocycles. The molecule has 3 aromatic rings. The van der Waals surface area contributed by atoms with Crippen molar-refractivity contribution in [2.45, 2.75) is 51.1 Å². The highest BCUT2D eigenvalue weighted by Gasteiger charge is 2.37. The molecule has 2 amide bonds. The van der Waals surface area contributed by atoms with Crippen LogP contribution < -0.4 is 19.7 Å². The predicted octanol–water partition coefficient (Wildman–Crippen LogP) is 5.44. The number of nitrogens with one attached hydrogen (secondary N) is 1. The molecule has 7 nitrogen and oxygen atoms in total. The van der Waals surface area contributed by atoms with Gasteiger partial charge in [-0.15, -0.1) is 0 Å². The molecular weight excluding hydrogens is 444 g/mol. The van der Waals surface area contributed by atoms with E-state index in [1.54, 1.807) is 45.4 Å². The van der Waals surface area contributed by atoms with Crippen LogP contribution in [-0.2, 0) is 4.79 Å². The first-order valence-electron chi connectivity index (χ1n) is 12.0. The lowest BCUT2D eigenvalue weighted by molar-refractivity contribution is -0.123. The van der Waals surface area contributed by atoms with Gasteiger partial charge in [0.15, 0.2) is 0 Å². The number of rotatable bonds is 8. The van der Waals surface area contributed by atoms with Crippen LogP contribution in [0.3, 0.4) is 0 Å². The smallest absolute Gasteiger partial charge is 0.262 e. The molecule has 0 radical (unpaired) electrons. The molecule has 1 atom stereocenters. The van der Waals surface area contributed by atoms with Gasteiger partial charge in [0, 0.05) is 23.4 Å². The van der Waals surface area contributed by atoms with Gasteiger partial charge in [0.25, 0.3) is 5.91 Å². The average Bonchev–Trinajstić information content (AvgIpc) is 3.33. The number of aryl methyl sites for hydroxylation is 1. The molecule has 4 rings (SSSR count). The summed E-state index contributed by atoms with van der Waals surface area (Å²) < 4.78 is 16.5. The van der Waals surface area contributed by atoms with E-state index in [9.17, 15) is 9.59 Å². The van der Waals surface area contributed by atoms with Gasteiger partial charge >= 0.3 is 0 Å². The Morgan fingerprint density at radius 1 is 1.00 bits per heavy atom. The van der Waals surface area contributed by atoms with E-state index in [1.807, 2.05) is 30.3 Å². The summed E-state index contributed by atoms with van der Waals surface area (Å²) in [5.74, 6) is 0.970. The van der Waals surface area contributed by atoms with Gasteiger partial charge in [-0.25, -0.2) is 0 Å². The van der Waals surface area contributed by atoms with E-state index in [-0.39, 0.29) is 17.9 Å². The maximum Gasteiger partial charge on any atom is 0.262 e. The predicted molar refractivity (Wildman–Crippen MR) is 134 cm³/mol. The van der Waals surface area contributed by atoms with Gasteiger partial charge in [-0.1, -0.05) is 37.5 Å². The second-order valence-electron chi connectivity index (χ2n) is 8.76. The van der Waals surface area contributed by atoms with E-state index < -0.39 is 6.04 Å². The van der Waals surface area contributed by atoms with Crippen LogP contribution in [0.4, 0.5) is 5.69 Å². The Morgan fingerprint density at radius 2 is 1.74 bits per heavy atom. The number of amides is 2. The zero-order valence-electron chi connectivity index (χ0n) is 20.5. The number of furan rings is 1. The Labute approximate surface area is 206 Å². The van der Waals surface area contributed by atoms with Crippen molar-refractivity contribution < 1.29 is 23.5 Å². The number of anilines is 1. The Kier molecular flexibility index (Phi) is 7.75. The molecule has 1 aromatic heterocycles. The quantitative estimate of drug-likeness (QED) is 0.468. The first-order chi connectivity index (χ1) is 17.0. The monoisotopic (exact) mass is 476 g/mol. The third-order valence-electron chi connectivity index (χ3n) is 6.54. The first kappa shape index (κ1) is 24.4. The molecule has 1 N–H and O–H groups in total. The fourth-order valence-corrected chi connectivity index (χ4v) is 4.68. The fraction of sp³-hybridized carbons (Fsp3) is 0.357. The average molecular weight is 477 g/mol. The molecule has 1 aliphatic carbocycles. The second kappa shape index (κ2) is 11.1. The van der Waals surface area contributed by atoms with Gasteiger partial charge in [0.2, 0.25) is 5.91 Å². The summed E-state index contributed by atoms with van der Waals surface area (Å²) in [5.41, 5.74) is 1.57. The van der Waals surface area contributed by atoms with Gasteiger partial charge in [-0.2, -0.15) is 0 Å². The van der Waals surface area contributed by atoms with Crippen LogP contribution in [0.15, 0.2) is 65.3 Å². The van der Waals surface area contributed by atoms with Crippen LogP contribution in [0.25, 0.3) is 0 Å². The minimum Gasteiger partial charge on any atom is -0.497 e. The molecule has 0 saturated heterocycles. The van der Waals surface area contributed by atoms with Gasteiger partial charge < -0.3 is 19.2 Å². The van der Waals surface area contributed by atoms with E-state index in [0.717, 1.165) is 25.7 Å². The van der Waals surface area contributed by atoms with Gasteiger partial charge in [-0.05, 0) is 50.1 Å². The van der Waals surface area contributed by atoms with E-state index in [0.29, 0.717) is 34.1 Å². The topological polar surface area (TPSA) is 81.0 Å². The largest absolute Gasteiger partial charge is 0.497 e. The van der Waals surface area contributed by atoms with Crippen molar-refractivity contribution in [3.8, 4) is 11.5 Å². The summed E-state index contributed by atoms with van der Waals surface area (Å²) >= 11 is 0. The molecule has 2 aromatic carbocycles. The Balaban J connectivity index is 1.85. The van der Waals surface area contributed by atoms with E-state index in [1.165, 1.54) is 17.6 Å². The molecule has 184 valence electrons. The molecule has 0 bridgehead atoms. The number of benzene rings is 2. The highest BCUT2D eigenvalue weighted by molar-refractivity contribution is 6.10. The summed E-state index contributed by atoms with van der Waals surface area (Å²) in [4.78, 5) is 29.5. The Bertz CT molecular complexity index is 1150. The summed E-state index contributed by atoms with van der Waals surface area (Å²) in [6, 6.07) is 15.2. The number of ether oxygens (including phenoxy) is 2. The standard InChI is InChI=1S/C28H32N2O5/c1-19-23(16-17-35-19)28(32)30(21-12-8-5-9-13-21)26(27(31)29-20-10-6-4-7-11-20)24-15-14-22(33-2)18-25(24)34-3/h5,8-9,12-18,20,26H,4,6-7,10-11H2,1-3H3,(H,29,31). The van der Waals surface area contributed by atoms with Crippen molar-refractivity contribution >= 4 is 17.5 Å². The van der Waals surface area contributed by atoms with Crippen LogP contribution in [0.5, 0.6) is 11.5 Å². The van der Waals surface area contributed by atoms with E-state index in [4.69, 9.17) is 13.9 Å². The van der Waals surface area contributed by atoms with Gasteiger partial charge in [0.1, 0.15) is 23.3 Å². The van der Waals surface area contributed by atoms with Crippen molar-refractivity contribution in [3.63, 3.8) is 0 Å². The van der Waals surface area contributed by atoms with Gasteiger partial charge in [-0.3, -0.25) is 14.5 Å². The van der Waals surface area contributed by atoms with E-state index >= 15 is 0 Å². The lowest BCUT2D eigenvalue weighted by Crippen LogP contribution is -2.47. The number of methoxy groups -OCH3 is 2. The maximum atomic E-state index is 14.0. The van der Waals surface area contributed by atoms with Crippen LogP contribution >= 0.6 is 0 Å². The third kappa shape index (κ3) is 5.34. The molecule has 1 aliphatic rings. The summed E-state index contributed by atoms with van der Waals surface area (Å²) in [6.45, 7) is 1.74. The minimum atomic E-state index is -0.970. The number of hydrogen-bond acceptors (Lipinski definition) is 5. The Hall–Kier alpha value is -3.74. The number of nitrogens with zero attached hydrogens (tertiary/aromatic N) is 1. The van der Waals surface area contributed by atoms with Crippen molar-refractivity contribution in [2.75, 3.05) is 19.1 Å². The highest BCUT2D eigenvalue weighted by atomic mass is 16.5. The molecular formula is C28H32N2O5. The van der Waals surface area contributed by atoms with Crippen molar-refractivity contribution in [3.05, 3.63) is 77.7 Å². The minimum absolute atomic E-state index is 0.0754. The fourth-order valence-electron chi connectivity index (χ4n) is 4.68. The molecule has 1 unspecified atom stereocenters.